The van der Waals surface area contributed by atoms with Crippen LogP contribution in [0.1, 0.15) is 12.8 Å². The smallest absolute Gasteiger partial charge is 0.230 e. The van der Waals surface area contributed by atoms with Crippen molar-refractivity contribution in [2.75, 3.05) is 31.3 Å². The molecule has 1 amide bonds. The van der Waals surface area contributed by atoms with Gasteiger partial charge < -0.3 is 14.4 Å². The summed E-state index contributed by atoms with van der Waals surface area (Å²) >= 11 is 3.42. The van der Waals surface area contributed by atoms with Gasteiger partial charge in [0.15, 0.2) is 0 Å². The van der Waals surface area contributed by atoms with Crippen LogP contribution >= 0.6 is 15.9 Å². The Morgan fingerprint density at radius 2 is 2.05 bits per heavy atom. The van der Waals surface area contributed by atoms with Crippen LogP contribution in [0.4, 0.5) is 5.69 Å². The molecule has 5 heteroatoms. The van der Waals surface area contributed by atoms with Crippen molar-refractivity contribution in [3.05, 3.63) is 22.7 Å². The van der Waals surface area contributed by atoms with E-state index in [2.05, 4.69) is 15.9 Å². The second kappa shape index (κ2) is 5.51. The summed E-state index contributed by atoms with van der Waals surface area (Å²) in [5.41, 5.74) is 0.881. The molecule has 0 N–H and O–H groups in total. The highest BCUT2D eigenvalue weighted by Gasteiger charge is 2.30. The van der Waals surface area contributed by atoms with Crippen molar-refractivity contribution in [2.45, 2.75) is 12.8 Å². The molecule has 1 aromatic rings. The van der Waals surface area contributed by atoms with Crippen LogP contribution in [-0.4, -0.2) is 32.3 Å². The number of nitrogens with zero attached hydrogens (tertiary/aromatic N) is 1. The molecule has 1 fully saturated rings. The Kier molecular flexibility index (Phi) is 3.75. The van der Waals surface area contributed by atoms with E-state index in [4.69, 9.17) is 9.47 Å². The van der Waals surface area contributed by atoms with Crippen LogP contribution in [0, 0.1) is 5.92 Å². The molecule has 0 radical (unpaired) electrons. The molecular weight excluding hydrogens is 310 g/mol. The number of ether oxygens (including phenoxy) is 2. The van der Waals surface area contributed by atoms with Crippen LogP contribution in [0.15, 0.2) is 22.7 Å². The molecule has 1 aromatic carbocycles. The molecule has 0 saturated carbocycles. The van der Waals surface area contributed by atoms with Crippen LogP contribution < -0.4 is 9.64 Å². The van der Waals surface area contributed by atoms with E-state index in [1.54, 1.807) is 0 Å². The van der Waals surface area contributed by atoms with E-state index in [-0.39, 0.29) is 11.8 Å². The number of halogens is 1. The van der Waals surface area contributed by atoms with Crippen molar-refractivity contribution in [1.82, 2.24) is 0 Å². The van der Waals surface area contributed by atoms with E-state index in [1.807, 2.05) is 23.1 Å². The van der Waals surface area contributed by atoms with Crippen LogP contribution in [0.5, 0.6) is 5.75 Å². The van der Waals surface area contributed by atoms with Crippen molar-refractivity contribution in [1.29, 1.82) is 0 Å². The maximum Gasteiger partial charge on any atom is 0.230 e. The van der Waals surface area contributed by atoms with E-state index in [1.165, 1.54) is 0 Å². The van der Waals surface area contributed by atoms with Crippen molar-refractivity contribution in [3.8, 4) is 5.75 Å². The number of benzene rings is 1. The van der Waals surface area contributed by atoms with Gasteiger partial charge in [-0.05, 0) is 31.0 Å². The van der Waals surface area contributed by atoms with Gasteiger partial charge in [-0.2, -0.15) is 0 Å². The normalized spacial score (nSPS) is 19.7. The molecule has 2 aliphatic rings. The minimum absolute atomic E-state index is 0.0864. The molecule has 19 heavy (non-hydrogen) atoms. The number of fused-ring (bicyclic) bond motifs is 1. The van der Waals surface area contributed by atoms with Crippen LogP contribution in [0.3, 0.4) is 0 Å². The zero-order chi connectivity index (χ0) is 13.2. The Morgan fingerprint density at radius 1 is 1.26 bits per heavy atom. The van der Waals surface area contributed by atoms with Gasteiger partial charge in [0, 0.05) is 23.6 Å². The molecule has 0 aromatic heterocycles. The lowest BCUT2D eigenvalue weighted by atomic mass is 9.98. The molecule has 1 saturated heterocycles. The molecule has 0 atom stereocenters. The van der Waals surface area contributed by atoms with Crippen LogP contribution in [-0.2, 0) is 9.53 Å². The minimum Gasteiger partial charge on any atom is -0.489 e. The van der Waals surface area contributed by atoms with E-state index >= 15 is 0 Å². The number of amides is 1. The molecule has 0 aliphatic carbocycles. The van der Waals surface area contributed by atoms with Crippen molar-refractivity contribution in [2.24, 2.45) is 5.92 Å². The first-order chi connectivity index (χ1) is 9.25. The van der Waals surface area contributed by atoms with Gasteiger partial charge >= 0.3 is 0 Å². The van der Waals surface area contributed by atoms with Gasteiger partial charge in [-0.15, -0.1) is 0 Å². The van der Waals surface area contributed by atoms with Gasteiger partial charge in [0.1, 0.15) is 12.4 Å². The highest BCUT2D eigenvalue weighted by atomic mass is 79.9. The highest BCUT2D eigenvalue weighted by molar-refractivity contribution is 9.10. The molecule has 2 aliphatic heterocycles. The maximum atomic E-state index is 12.6. The SMILES string of the molecule is O=C(C1CCOCC1)N1CCOc2cc(Br)ccc21. The highest BCUT2D eigenvalue weighted by Crippen LogP contribution is 2.35. The Bertz CT molecular complexity index is 486. The number of hydrogen-bond acceptors (Lipinski definition) is 3. The minimum atomic E-state index is 0.0864. The van der Waals surface area contributed by atoms with Gasteiger partial charge in [-0.1, -0.05) is 15.9 Å². The van der Waals surface area contributed by atoms with Crippen molar-refractivity contribution in [3.63, 3.8) is 0 Å². The third-order valence-electron chi connectivity index (χ3n) is 3.62. The average molecular weight is 326 g/mol. The summed E-state index contributed by atoms with van der Waals surface area (Å²) in [5.74, 6) is 1.07. The standard InChI is InChI=1S/C14H16BrNO3/c15-11-1-2-12-13(9-11)19-8-5-16(12)14(17)10-3-6-18-7-4-10/h1-2,9-10H,3-8H2. The lowest BCUT2D eigenvalue weighted by Crippen LogP contribution is -2.43. The van der Waals surface area contributed by atoms with E-state index in [0.717, 1.165) is 28.8 Å². The summed E-state index contributed by atoms with van der Waals surface area (Å²) in [6.45, 7) is 2.56. The summed E-state index contributed by atoms with van der Waals surface area (Å²) < 4.78 is 11.9. The monoisotopic (exact) mass is 325 g/mol. The third-order valence-corrected chi connectivity index (χ3v) is 4.11. The number of carbonyl (C=O) groups excluding carboxylic acids is 1. The number of anilines is 1. The summed E-state index contributed by atoms with van der Waals surface area (Å²) in [7, 11) is 0. The predicted octanol–water partition coefficient (Wildman–Crippen LogP) is 2.60. The predicted molar refractivity (Wildman–Crippen MR) is 75.5 cm³/mol. The summed E-state index contributed by atoms with van der Waals surface area (Å²) in [5, 5.41) is 0. The first-order valence-electron chi connectivity index (χ1n) is 6.57. The molecular formula is C14H16BrNO3. The number of hydrogen-bond donors (Lipinski definition) is 0. The lowest BCUT2D eigenvalue weighted by molar-refractivity contribution is -0.125. The largest absolute Gasteiger partial charge is 0.489 e. The fourth-order valence-electron chi connectivity index (χ4n) is 2.59. The summed E-state index contributed by atoms with van der Waals surface area (Å²) in [6.07, 6.45) is 1.64. The van der Waals surface area contributed by atoms with Gasteiger partial charge in [0.2, 0.25) is 5.91 Å². The first-order valence-corrected chi connectivity index (χ1v) is 7.36. The lowest BCUT2D eigenvalue weighted by Gasteiger charge is -2.33. The number of rotatable bonds is 1. The third kappa shape index (κ3) is 2.62. The molecule has 0 unspecified atom stereocenters. The first kappa shape index (κ1) is 12.9. The topological polar surface area (TPSA) is 38.8 Å². The zero-order valence-electron chi connectivity index (χ0n) is 10.6. The van der Waals surface area contributed by atoms with Crippen LogP contribution in [0.25, 0.3) is 0 Å². The Balaban J connectivity index is 1.84. The Hall–Kier alpha value is -1.07. The summed E-state index contributed by atoms with van der Waals surface area (Å²) in [4.78, 5) is 14.5. The molecule has 0 spiro atoms. The van der Waals surface area contributed by atoms with Gasteiger partial charge in [0.25, 0.3) is 0 Å². The molecule has 2 heterocycles. The fourth-order valence-corrected chi connectivity index (χ4v) is 2.93. The molecule has 3 rings (SSSR count). The van der Waals surface area contributed by atoms with Gasteiger partial charge in [0.05, 0.1) is 12.2 Å². The van der Waals surface area contributed by atoms with E-state index in [0.29, 0.717) is 26.4 Å². The Labute approximate surface area is 120 Å². The quantitative estimate of drug-likeness (QED) is 0.796. The zero-order valence-corrected chi connectivity index (χ0v) is 12.2. The molecule has 102 valence electrons. The molecule has 0 bridgehead atoms. The second-order valence-corrected chi connectivity index (χ2v) is 5.75. The Morgan fingerprint density at radius 3 is 2.84 bits per heavy atom. The fraction of sp³-hybridized carbons (Fsp3) is 0.500. The molecule has 4 nitrogen and oxygen atoms in total. The average Bonchev–Trinajstić information content (AvgIpc) is 2.46. The van der Waals surface area contributed by atoms with E-state index in [9.17, 15) is 4.79 Å². The summed E-state index contributed by atoms with van der Waals surface area (Å²) in [6, 6.07) is 5.80. The number of carbonyl (C=O) groups is 1. The van der Waals surface area contributed by atoms with Crippen molar-refractivity contribution >= 4 is 27.5 Å². The second-order valence-electron chi connectivity index (χ2n) is 4.84. The van der Waals surface area contributed by atoms with Crippen molar-refractivity contribution < 1.29 is 14.3 Å². The maximum absolute atomic E-state index is 12.6. The van der Waals surface area contributed by atoms with Gasteiger partial charge in [-0.3, -0.25) is 4.79 Å². The van der Waals surface area contributed by atoms with E-state index < -0.39 is 0 Å². The van der Waals surface area contributed by atoms with Gasteiger partial charge in [-0.25, -0.2) is 0 Å². The van der Waals surface area contributed by atoms with Crippen LogP contribution in [0.2, 0.25) is 0 Å².